The maximum atomic E-state index is 6.24. The van der Waals surface area contributed by atoms with E-state index in [9.17, 15) is 0 Å². The zero-order valence-electron chi connectivity index (χ0n) is 17.4. The van der Waals surface area contributed by atoms with Crippen molar-refractivity contribution in [2.45, 2.75) is 6.42 Å². The molecule has 4 N–H and O–H groups in total. The highest BCUT2D eigenvalue weighted by molar-refractivity contribution is 6.00. The van der Waals surface area contributed by atoms with Crippen LogP contribution in [0.4, 0.5) is 11.6 Å². The molecule has 0 aliphatic carbocycles. The van der Waals surface area contributed by atoms with E-state index in [0.717, 1.165) is 67.0 Å². The zero-order chi connectivity index (χ0) is 21.2. The number of nitrogen functional groups attached to an aromatic ring is 2. The largest absolute Gasteiger partial charge is 0.384 e. The lowest BCUT2D eigenvalue weighted by atomic mass is 10.0. The SMILES string of the molecule is Nc1cc(-n2nc(N)c3cccc(-c4ccc(CCN5CCOCC5)cc4)c32)ccn1. The van der Waals surface area contributed by atoms with E-state index >= 15 is 0 Å². The topological polar surface area (TPSA) is 95.2 Å². The molecule has 0 spiro atoms. The van der Waals surface area contributed by atoms with E-state index in [2.05, 4.69) is 45.3 Å². The van der Waals surface area contributed by atoms with E-state index in [1.54, 1.807) is 12.3 Å². The normalized spacial score (nSPS) is 14.8. The van der Waals surface area contributed by atoms with Crippen molar-refractivity contribution in [3.8, 4) is 16.8 Å². The van der Waals surface area contributed by atoms with Crippen LogP contribution in [-0.4, -0.2) is 52.5 Å². The fourth-order valence-corrected chi connectivity index (χ4v) is 4.14. The summed E-state index contributed by atoms with van der Waals surface area (Å²) in [5.41, 5.74) is 17.5. The average Bonchev–Trinajstić information content (AvgIpc) is 3.16. The summed E-state index contributed by atoms with van der Waals surface area (Å²) in [5, 5.41) is 5.50. The number of fused-ring (bicyclic) bond motifs is 1. The standard InChI is InChI=1S/C24H26N6O/c25-22-16-19(8-10-27-22)30-23-20(2-1-3-21(23)24(26)28-30)18-6-4-17(5-7-18)9-11-29-12-14-31-15-13-29/h1-8,10,16H,9,11-15H2,(H2,25,27)(H2,26,28). The lowest BCUT2D eigenvalue weighted by molar-refractivity contribution is 0.0384. The van der Waals surface area contributed by atoms with Crippen molar-refractivity contribution < 1.29 is 4.74 Å². The minimum Gasteiger partial charge on any atom is -0.384 e. The Kier molecular flexibility index (Phi) is 5.28. The molecule has 2 aromatic heterocycles. The molecule has 31 heavy (non-hydrogen) atoms. The smallest absolute Gasteiger partial charge is 0.153 e. The van der Waals surface area contributed by atoms with Gasteiger partial charge in [-0.15, -0.1) is 5.10 Å². The molecule has 7 nitrogen and oxygen atoms in total. The lowest BCUT2D eigenvalue weighted by Crippen LogP contribution is -2.37. The number of hydrogen-bond acceptors (Lipinski definition) is 6. The van der Waals surface area contributed by atoms with Gasteiger partial charge in [0.15, 0.2) is 5.82 Å². The minimum absolute atomic E-state index is 0.446. The van der Waals surface area contributed by atoms with Crippen LogP contribution in [0.3, 0.4) is 0 Å². The van der Waals surface area contributed by atoms with Gasteiger partial charge in [0.2, 0.25) is 0 Å². The van der Waals surface area contributed by atoms with Crippen LogP contribution in [0.5, 0.6) is 0 Å². The minimum atomic E-state index is 0.446. The van der Waals surface area contributed by atoms with Crippen molar-refractivity contribution in [1.82, 2.24) is 19.7 Å². The Hall–Kier alpha value is -3.42. The summed E-state index contributed by atoms with van der Waals surface area (Å²) in [6.45, 7) is 4.77. The molecule has 0 bridgehead atoms. The van der Waals surface area contributed by atoms with Crippen LogP contribution in [0.25, 0.3) is 27.7 Å². The molecule has 4 aromatic rings. The summed E-state index contributed by atoms with van der Waals surface area (Å²) < 4.78 is 7.28. The Labute approximate surface area is 181 Å². The van der Waals surface area contributed by atoms with Crippen molar-refractivity contribution in [2.75, 3.05) is 44.3 Å². The van der Waals surface area contributed by atoms with Crippen LogP contribution in [0.15, 0.2) is 60.8 Å². The van der Waals surface area contributed by atoms with Crippen molar-refractivity contribution in [3.05, 3.63) is 66.4 Å². The van der Waals surface area contributed by atoms with Gasteiger partial charge in [-0.05, 0) is 29.7 Å². The van der Waals surface area contributed by atoms with Crippen LogP contribution in [0.1, 0.15) is 5.56 Å². The Morgan fingerprint density at radius 2 is 1.77 bits per heavy atom. The first-order valence-corrected chi connectivity index (χ1v) is 10.6. The number of nitrogens with zero attached hydrogens (tertiary/aromatic N) is 4. The predicted octanol–water partition coefficient (Wildman–Crippen LogP) is 3.13. The van der Waals surface area contributed by atoms with E-state index in [1.807, 2.05) is 22.9 Å². The van der Waals surface area contributed by atoms with Crippen LogP contribution in [0, 0.1) is 0 Å². The first kappa shape index (κ1) is 19.5. The summed E-state index contributed by atoms with van der Waals surface area (Å²) >= 11 is 0. The van der Waals surface area contributed by atoms with Gasteiger partial charge in [-0.2, -0.15) is 0 Å². The highest BCUT2D eigenvalue weighted by Gasteiger charge is 2.15. The third-order valence-electron chi connectivity index (χ3n) is 5.83. The van der Waals surface area contributed by atoms with E-state index in [0.29, 0.717) is 11.6 Å². The van der Waals surface area contributed by atoms with Gasteiger partial charge in [0, 0.05) is 42.8 Å². The third-order valence-corrected chi connectivity index (χ3v) is 5.83. The highest BCUT2D eigenvalue weighted by Crippen LogP contribution is 2.33. The van der Waals surface area contributed by atoms with Crippen molar-refractivity contribution in [1.29, 1.82) is 0 Å². The Balaban J connectivity index is 1.47. The van der Waals surface area contributed by atoms with E-state index in [1.165, 1.54) is 5.56 Å². The Morgan fingerprint density at radius 3 is 2.55 bits per heavy atom. The molecule has 5 rings (SSSR count). The molecular formula is C24H26N6O. The number of pyridine rings is 1. The fourth-order valence-electron chi connectivity index (χ4n) is 4.14. The number of hydrogen-bond donors (Lipinski definition) is 2. The number of para-hydroxylation sites is 1. The molecule has 0 atom stereocenters. The third kappa shape index (κ3) is 3.97. The summed E-state index contributed by atoms with van der Waals surface area (Å²) in [6, 6.07) is 18.6. The number of nitrogens with two attached hydrogens (primary N) is 2. The van der Waals surface area contributed by atoms with Crippen LogP contribution < -0.4 is 11.5 Å². The average molecular weight is 415 g/mol. The molecule has 1 fully saturated rings. The maximum Gasteiger partial charge on any atom is 0.153 e. The van der Waals surface area contributed by atoms with Gasteiger partial charge >= 0.3 is 0 Å². The van der Waals surface area contributed by atoms with E-state index in [4.69, 9.17) is 16.2 Å². The molecule has 2 aromatic carbocycles. The van der Waals surface area contributed by atoms with Gasteiger partial charge in [0.1, 0.15) is 5.82 Å². The number of ether oxygens (including phenoxy) is 1. The number of anilines is 2. The molecule has 0 amide bonds. The van der Waals surface area contributed by atoms with Crippen LogP contribution in [0.2, 0.25) is 0 Å². The van der Waals surface area contributed by atoms with E-state index < -0.39 is 0 Å². The van der Waals surface area contributed by atoms with Crippen molar-refractivity contribution in [2.24, 2.45) is 0 Å². The number of aromatic nitrogens is 3. The second-order valence-corrected chi connectivity index (χ2v) is 7.84. The number of benzene rings is 2. The van der Waals surface area contributed by atoms with Gasteiger partial charge in [0.25, 0.3) is 0 Å². The monoisotopic (exact) mass is 414 g/mol. The first-order valence-electron chi connectivity index (χ1n) is 10.6. The summed E-state index contributed by atoms with van der Waals surface area (Å²) in [6.07, 6.45) is 2.71. The molecular weight excluding hydrogens is 388 g/mol. The van der Waals surface area contributed by atoms with Crippen molar-refractivity contribution in [3.63, 3.8) is 0 Å². The molecule has 1 aliphatic heterocycles. The molecule has 1 aliphatic rings. The molecule has 1 saturated heterocycles. The second-order valence-electron chi connectivity index (χ2n) is 7.84. The van der Waals surface area contributed by atoms with E-state index in [-0.39, 0.29) is 0 Å². The number of morpholine rings is 1. The molecule has 0 unspecified atom stereocenters. The summed E-state index contributed by atoms with van der Waals surface area (Å²) in [4.78, 5) is 6.55. The van der Waals surface area contributed by atoms with Gasteiger partial charge in [-0.3, -0.25) is 4.90 Å². The number of rotatable bonds is 5. The molecule has 7 heteroatoms. The van der Waals surface area contributed by atoms with Gasteiger partial charge in [0.05, 0.1) is 24.4 Å². The van der Waals surface area contributed by atoms with Crippen LogP contribution in [-0.2, 0) is 11.2 Å². The zero-order valence-corrected chi connectivity index (χ0v) is 17.4. The first-order chi connectivity index (χ1) is 15.2. The molecule has 3 heterocycles. The molecule has 158 valence electrons. The quantitative estimate of drug-likeness (QED) is 0.521. The van der Waals surface area contributed by atoms with Gasteiger partial charge in [-0.1, -0.05) is 36.4 Å². The Morgan fingerprint density at radius 1 is 0.968 bits per heavy atom. The van der Waals surface area contributed by atoms with Gasteiger partial charge in [-0.25, -0.2) is 9.67 Å². The fraction of sp³-hybridized carbons (Fsp3) is 0.250. The van der Waals surface area contributed by atoms with Gasteiger partial charge < -0.3 is 16.2 Å². The summed E-state index contributed by atoms with van der Waals surface area (Å²) in [7, 11) is 0. The molecule has 0 saturated carbocycles. The molecule has 0 radical (unpaired) electrons. The Bertz CT molecular complexity index is 1190. The highest BCUT2D eigenvalue weighted by atomic mass is 16.5. The predicted molar refractivity (Wildman–Crippen MR) is 124 cm³/mol. The maximum absolute atomic E-state index is 6.24. The second kappa shape index (κ2) is 8.37. The summed E-state index contributed by atoms with van der Waals surface area (Å²) in [5.74, 6) is 0.941. The van der Waals surface area contributed by atoms with Crippen molar-refractivity contribution >= 4 is 22.5 Å². The lowest BCUT2D eigenvalue weighted by Gasteiger charge is -2.26. The van der Waals surface area contributed by atoms with Crippen LogP contribution >= 0.6 is 0 Å².